The minimum atomic E-state index is -4.93. The average molecular weight is 581 g/mol. The first-order valence-corrected chi connectivity index (χ1v) is 11.4. The molecular formula is C13H10Cl5K2O6PS. The maximum absolute atomic E-state index is 12.1. The van der Waals surface area contributed by atoms with Crippen molar-refractivity contribution in [2.45, 2.75) is 10.6 Å². The summed E-state index contributed by atoms with van der Waals surface area (Å²) in [6.07, 6.45) is 0. The average Bonchev–Trinajstić information content (AvgIpc) is 2.53. The van der Waals surface area contributed by atoms with Crippen molar-refractivity contribution in [3.63, 3.8) is 0 Å². The zero-order valence-corrected chi connectivity index (χ0v) is 17.7. The molecule has 1 atom stereocenters. The summed E-state index contributed by atoms with van der Waals surface area (Å²) in [5, 5.41) is -1.29. The van der Waals surface area contributed by atoms with E-state index in [4.69, 9.17) is 62.6 Å². The molecule has 0 bridgehead atoms. The molecule has 1 unspecified atom stereocenters. The van der Waals surface area contributed by atoms with E-state index in [1.807, 2.05) is 0 Å². The van der Waals surface area contributed by atoms with Gasteiger partial charge in [-0.25, -0.2) is 0 Å². The Kier molecular flexibility index (Phi) is 13.5. The quantitative estimate of drug-likeness (QED) is 0.165. The Morgan fingerprint density at radius 3 is 1.46 bits per heavy atom. The van der Waals surface area contributed by atoms with E-state index >= 15 is 0 Å². The van der Waals surface area contributed by atoms with Crippen molar-refractivity contribution in [2.24, 2.45) is 0 Å². The van der Waals surface area contributed by atoms with E-state index in [0.29, 0.717) is 0 Å². The first-order chi connectivity index (χ1) is 11.8. The van der Waals surface area contributed by atoms with E-state index in [-0.39, 0.29) is 139 Å². The predicted molar refractivity (Wildman–Crippen MR) is 116 cm³/mol. The number of benzene rings is 2. The van der Waals surface area contributed by atoms with Crippen molar-refractivity contribution in [3.05, 3.63) is 60.5 Å². The van der Waals surface area contributed by atoms with Crippen LogP contribution < -0.4 is 0 Å². The monoisotopic (exact) mass is 578 g/mol. The number of rotatable bonds is 4. The summed E-state index contributed by atoms with van der Waals surface area (Å²) in [6.45, 7) is 0. The van der Waals surface area contributed by atoms with Gasteiger partial charge in [-0.2, -0.15) is 8.42 Å². The van der Waals surface area contributed by atoms with Gasteiger partial charge in [-0.05, 0) is 17.7 Å². The molecule has 0 aliphatic carbocycles. The molecule has 15 heteroatoms. The van der Waals surface area contributed by atoms with Gasteiger partial charge in [0.2, 0.25) is 0 Å². The second kappa shape index (κ2) is 12.1. The van der Waals surface area contributed by atoms with Gasteiger partial charge < -0.3 is 9.79 Å². The standard InChI is InChI=1S/C13H8Cl5O6PS.2K.2H/c14-8-7(9(15)11(17)12(18)10(8)16)13(25(19,20)21)5-1-3-6(4-2-5)26(22,23)24;;;;/h1-4,13H,(H2,19,20,21)(H,22,23,24);;;;. The third kappa shape index (κ3) is 7.11. The van der Waals surface area contributed by atoms with Gasteiger partial charge in [-0.15, -0.1) is 0 Å². The predicted octanol–water partition coefficient (Wildman–Crippen LogP) is 4.17. The fraction of sp³-hybridized carbons (Fsp3) is 0.0769. The Hall–Kier alpha value is 3.22. The molecule has 0 saturated heterocycles. The van der Waals surface area contributed by atoms with Gasteiger partial charge in [0.25, 0.3) is 10.1 Å². The van der Waals surface area contributed by atoms with Crippen LogP contribution in [-0.4, -0.2) is 126 Å². The third-order valence-electron chi connectivity index (χ3n) is 3.35. The topological polar surface area (TPSA) is 112 Å². The Labute approximate surface area is 271 Å². The van der Waals surface area contributed by atoms with Gasteiger partial charge in [0, 0.05) is 5.56 Å². The Morgan fingerprint density at radius 1 is 0.786 bits per heavy atom. The van der Waals surface area contributed by atoms with Gasteiger partial charge >= 0.3 is 110 Å². The molecule has 0 fully saturated rings. The van der Waals surface area contributed by atoms with Gasteiger partial charge in [-0.1, -0.05) is 70.1 Å². The van der Waals surface area contributed by atoms with Crippen molar-refractivity contribution in [3.8, 4) is 0 Å². The molecule has 0 heterocycles. The summed E-state index contributed by atoms with van der Waals surface area (Å²) in [5.41, 5.74) is -2.00. The molecule has 2 aromatic rings. The first-order valence-electron chi connectivity index (χ1n) is 6.40. The first kappa shape index (κ1) is 31.2. The van der Waals surface area contributed by atoms with E-state index in [2.05, 4.69) is 0 Å². The van der Waals surface area contributed by atoms with Crippen molar-refractivity contribution < 1.29 is 27.3 Å². The van der Waals surface area contributed by atoms with E-state index in [1.54, 1.807) is 0 Å². The van der Waals surface area contributed by atoms with Crippen LogP contribution in [0, 0.1) is 0 Å². The maximum atomic E-state index is 12.1. The molecule has 3 N–H and O–H groups in total. The molecule has 0 spiro atoms. The molecule has 2 rings (SSSR count). The minimum absolute atomic E-state index is 0. The van der Waals surface area contributed by atoms with E-state index in [0.717, 1.165) is 24.3 Å². The van der Waals surface area contributed by atoms with Crippen LogP contribution in [0.1, 0.15) is 16.8 Å². The van der Waals surface area contributed by atoms with Crippen LogP contribution in [0.4, 0.5) is 0 Å². The van der Waals surface area contributed by atoms with Crippen LogP contribution in [0.3, 0.4) is 0 Å². The molecule has 0 radical (unpaired) electrons. The Morgan fingerprint density at radius 2 is 1.14 bits per heavy atom. The molecule has 0 aliphatic heterocycles. The van der Waals surface area contributed by atoms with E-state index in [1.165, 1.54) is 0 Å². The van der Waals surface area contributed by atoms with E-state index < -0.39 is 28.3 Å². The second-order valence-electron chi connectivity index (χ2n) is 5.02. The normalized spacial score (nSPS) is 12.7. The molecule has 0 aliphatic rings. The van der Waals surface area contributed by atoms with Crippen molar-refractivity contribution in [2.75, 3.05) is 0 Å². The summed E-state index contributed by atoms with van der Waals surface area (Å²) >= 11 is 30.0. The molecule has 0 aromatic heterocycles. The van der Waals surface area contributed by atoms with Crippen molar-refractivity contribution >= 4 is 178 Å². The van der Waals surface area contributed by atoms with Crippen LogP contribution in [0.25, 0.3) is 0 Å². The summed E-state index contributed by atoms with van der Waals surface area (Å²) in [5.74, 6) is 0. The second-order valence-corrected chi connectivity index (χ2v) is 10.0. The molecule has 6 nitrogen and oxygen atoms in total. The molecule has 28 heavy (non-hydrogen) atoms. The van der Waals surface area contributed by atoms with Gasteiger partial charge in [0.1, 0.15) is 5.66 Å². The van der Waals surface area contributed by atoms with E-state index in [9.17, 15) is 22.8 Å². The van der Waals surface area contributed by atoms with Crippen LogP contribution in [0.15, 0.2) is 29.2 Å². The van der Waals surface area contributed by atoms with Crippen LogP contribution in [0.2, 0.25) is 25.1 Å². The molecule has 2 aromatic carbocycles. The zero-order valence-electron chi connectivity index (χ0n) is 12.2. The summed E-state index contributed by atoms with van der Waals surface area (Å²) in [7, 11) is -9.41. The molecule has 0 saturated carbocycles. The molecular weight excluding hydrogens is 571 g/mol. The van der Waals surface area contributed by atoms with Crippen molar-refractivity contribution in [1.82, 2.24) is 0 Å². The van der Waals surface area contributed by atoms with Gasteiger partial charge in [-0.3, -0.25) is 9.12 Å². The van der Waals surface area contributed by atoms with Gasteiger partial charge in [0.05, 0.1) is 30.0 Å². The SMILES string of the molecule is O=P(O)(O)C(c1ccc(S(=O)(=O)O)cc1)c1c(Cl)c(Cl)c(Cl)c(Cl)c1Cl.[KH].[KH]. The zero-order chi connectivity index (χ0) is 20.0. The Bertz CT molecular complexity index is 1000. The van der Waals surface area contributed by atoms with Crippen LogP contribution >= 0.6 is 65.6 Å². The summed E-state index contributed by atoms with van der Waals surface area (Å²) in [4.78, 5) is 19.2. The number of halogens is 5. The molecule has 0 amide bonds. The van der Waals surface area contributed by atoms with Crippen molar-refractivity contribution in [1.29, 1.82) is 0 Å². The molecule has 146 valence electrons. The summed E-state index contributed by atoms with van der Waals surface area (Å²) < 4.78 is 43.4. The van der Waals surface area contributed by atoms with Crippen LogP contribution in [0.5, 0.6) is 0 Å². The third-order valence-corrected chi connectivity index (χ3v) is 7.75. The van der Waals surface area contributed by atoms with Crippen LogP contribution in [-0.2, 0) is 14.7 Å². The number of hydrogen-bond acceptors (Lipinski definition) is 3. The Balaban J connectivity index is 0.00000364. The summed E-state index contributed by atoms with van der Waals surface area (Å²) in [6, 6.07) is 4.12. The van der Waals surface area contributed by atoms with Gasteiger partial charge in [0.15, 0.2) is 0 Å². The number of hydrogen-bond donors (Lipinski definition) is 3. The fourth-order valence-corrected chi connectivity index (χ4v) is 5.37. The fourth-order valence-electron chi connectivity index (χ4n) is 2.21.